The minimum absolute atomic E-state index is 0.128. The number of furan rings is 1. The number of rotatable bonds is 4. The fraction of sp³-hybridized carbons (Fsp3) is 0.214. The number of hydrogen-bond acceptors (Lipinski definition) is 4. The summed E-state index contributed by atoms with van der Waals surface area (Å²) in [4.78, 5) is 11.4. The Kier molecular flexibility index (Phi) is 3.30. The van der Waals surface area contributed by atoms with E-state index in [4.69, 9.17) is 4.42 Å². The van der Waals surface area contributed by atoms with Crippen molar-refractivity contribution in [3.05, 3.63) is 47.9 Å². The van der Waals surface area contributed by atoms with Crippen molar-refractivity contribution in [2.45, 2.75) is 24.3 Å². The van der Waals surface area contributed by atoms with Crippen LogP contribution in [0.1, 0.15) is 24.3 Å². The number of amides is 1. The molecule has 0 spiro atoms. The molecule has 2 heterocycles. The number of fused-ring (bicyclic) bond motifs is 1. The van der Waals surface area contributed by atoms with Crippen LogP contribution in [0.15, 0.2) is 45.9 Å². The van der Waals surface area contributed by atoms with Gasteiger partial charge in [0.05, 0.1) is 23.6 Å². The minimum atomic E-state index is -3.67. The number of sulfonamides is 1. The van der Waals surface area contributed by atoms with Gasteiger partial charge in [-0.3, -0.25) is 4.79 Å². The Morgan fingerprint density at radius 2 is 2.14 bits per heavy atom. The molecule has 1 unspecified atom stereocenters. The average Bonchev–Trinajstić information content (AvgIpc) is 3.04. The van der Waals surface area contributed by atoms with E-state index in [1.54, 1.807) is 25.1 Å². The molecule has 0 radical (unpaired) electrons. The third-order valence-corrected chi connectivity index (χ3v) is 4.85. The predicted molar refractivity (Wildman–Crippen MR) is 76.2 cm³/mol. The molecule has 21 heavy (non-hydrogen) atoms. The van der Waals surface area contributed by atoms with E-state index >= 15 is 0 Å². The Morgan fingerprint density at radius 1 is 1.33 bits per heavy atom. The van der Waals surface area contributed by atoms with Gasteiger partial charge in [0, 0.05) is 5.69 Å². The van der Waals surface area contributed by atoms with Gasteiger partial charge >= 0.3 is 0 Å². The van der Waals surface area contributed by atoms with E-state index in [2.05, 4.69) is 10.0 Å². The van der Waals surface area contributed by atoms with Crippen molar-refractivity contribution in [3.8, 4) is 0 Å². The van der Waals surface area contributed by atoms with Gasteiger partial charge in [0.15, 0.2) is 0 Å². The third kappa shape index (κ3) is 2.70. The van der Waals surface area contributed by atoms with E-state index in [0.29, 0.717) is 17.0 Å². The molecule has 0 saturated heterocycles. The molecule has 1 aromatic carbocycles. The summed E-state index contributed by atoms with van der Waals surface area (Å²) in [6.45, 7) is 1.70. The average molecular weight is 306 g/mol. The van der Waals surface area contributed by atoms with E-state index in [1.165, 1.54) is 18.4 Å². The highest BCUT2D eigenvalue weighted by molar-refractivity contribution is 7.89. The van der Waals surface area contributed by atoms with Crippen molar-refractivity contribution in [3.63, 3.8) is 0 Å². The van der Waals surface area contributed by atoms with Crippen LogP contribution in [0, 0.1) is 0 Å². The molecule has 2 aromatic rings. The lowest BCUT2D eigenvalue weighted by atomic mass is 10.2. The molecule has 7 heteroatoms. The second kappa shape index (κ2) is 5.01. The molecule has 0 saturated carbocycles. The number of carbonyl (C=O) groups is 1. The fourth-order valence-electron chi connectivity index (χ4n) is 2.27. The van der Waals surface area contributed by atoms with Gasteiger partial charge in [-0.05, 0) is 42.8 Å². The Balaban J connectivity index is 1.86. The SMILES string of the molecule is CC(NS(=O)(=O)c1ccc2c(c1)CC(=O)N2)c1ccco1. The molecule has 1 aromatic heterocycles. The van der Waals surface area contributed by atoms with Crippen LogP contribution in [0.4, 0.5) is 5.69 Å². The van der Waals surface area contributed by atoms with E-state index < -0.39 is 16.1 Å². The lowest BCUT2D eigenvalue weighted by Gasteiger charge is -2.12. The molecule has 1 aliphatic rings. The van der Waals surface area contributed by atoms with Crippen LogP contribution in [0.3, 0.4) is 0 Å². The van der Waals surface area contributed by atoms with Gasteiger partial charge in [-0.2, -0.15) is 0 Å². The van der Waals surface area contributed by atoms with Crippen LogP contribution < -0.4 is 10.0 Å². The first kappa shape index (κ1) is 13.8. The highest BCUT2D eigenvalue weighted by Crippen LogP contribution is 2.26. The van der Waals surface area contributed by atoms with Gasteiger partial charge in [0.25, 0.3) is 0 Å². The van der Waals surface area contributed by atoms with Crippen molar-refractivity contribution in [2.75, 3.05) is 5.32 Å². The Bertz CT molecular complexity index is 781. The Hall–Kier alpha value is -2.12. The quantitative estimate of drug-likeness (QED) is 0.901. The predicted octanol–water partition coefficient (Wildman–Crippen LogP) is 1.81. The highest BCUT2D eigenvalue weighted by Gasteiger charge is 2.23. The standard InChI is InChI=1S/C14H14N2O4S/c1-9(13-3-2-6-20-13)16-21(18,19)11-4-5-12-10(7-11)8-14(17)15-12/h2-7,9,16H,8H2,1H3,(H,15,17). The molecular formula is C14H14N2O4S. The number of carbonyl (C=O) groups excluding carboxylic acids is 1. The summed E-state index contributed by atoms with van der Waals surface area (Å²) in [6.07, 6.45) is 1.69. The molecule has 3 rings (SSSR count). The molecule has 2 N–H and O–H groups in total. The normalized spacial score (nSPS) is 15.6. The van der Waals surface area contributed by atoms with Crippen molar-refractivity contribution in [1.82, 2.24) is 4.72 Å². The van der Waals surface area contributed by atoms with Crippen LogP contribution in [0.25, 0.3) is 0 Å². The maximum absolute atomic E-state index is 12.4. The minimum Gasteiger partial charge on any atom is -0.468 e. The zero-order valence-electron chi connectivity index (χ0n) is 11.3. The third-order valence-electron chi connectivity index (χ3n) is 3.31. The van der Waals surface area contributed by atoms with Crippen LogP contribution in [0.5, 0.6) is 0 Å². The first-order valence-electron chi connectivity index (χ1n) is 6.44. The van der Waals surface area contributed by atoms with Crippen LogP contribution in [-0.2, 0) is 21.2 Å². The molecule has 0 fully saturated rings. The Morgan fingerprint density at radius 3 is 2.86 bits per heavy atom. The first-order chi connectivity index (χ1) is 9.95. The number of benzene rings is 1. The second-order valence-electron chi connectivity index (χ2n) is 4.90. The smallest absolute Gasteiger partial charge is 0.241 e. The summed E-state index contributed by atoms with van der Waals surface area (Å²) in [7, 11) is -3.67. The van der Waals surface area contributed by atoms with Gasteiger partial charge in [-0.1, -0.05) is 0 Å². The highest BCUT2D eigenvalue weighted by atomic mass is 32.2. The number of anilines is 1. The summed E-state index contributed by atoms with van der Waals surface area (Å²) in [5.41, 5.74) is 1.35. The number of nitrogens with one attached hydrogen (secondary N) is 2. The van der Waals surface area contributed by atoms with E-state index in [0.717, 1.165) is 0 Å². The zero-order chi connectivity index (χ0) is 15.0. The van der Waals surface area contributed by atoms with Crippen molar-refractivity contribution < 1.29 is 17.6 Å². The topological polar surface area (TPSA) is 88.4 Å². The summed E-state index contributed by atoms with van der Waals surface area (Å²) in [6, 6.07) is 7.53. The van der Waals surface area contributed by atoms with Gasteiger partial charge in [0.1, 0.15) is 5.76 Å². The van der Waals surface area contributed by atoms with Crippen LogP contribution in [-0.4, -0.2) is 14.3 Å². The van der Waals surface area contributed by atoms with Gasteiger partial charge in [-0.25, -0.2) is 13.1 Å². The summed E-state index contributed by atoms with van der Waals surface area (Å²) < 4.78 is 32.5. The molecule has 0 bridgehead atoms. The molecule has 0 aliphatic carbocycles. The summed E-state index contributed by atoms with van der Waals surface area (Å²) >= 11 is 0. The van der Waals surface area contributed by atoms with E-state index in [9.17, 15) is 13.2 Å². The van der Waals surface area contributed by atoms with Gasteiger partial charge in [-0.15, -0.1) is 0 Å². The van der Waals surface area contributed by atoms with Crippen LogP contribution >= 0.6 is 0 Å². The molecule has 1 aliphatic heterocycles. The molecular weight excluding hydrogens is 292 g/mol. The van der Waals surface area contributed by atoms with Crippen molar-refractivity contribution in [1.29, 1.82) is 0 Å². The second-order valence-corrected chi connectivity index (χ2v) is 6.62. The van der Waals surface area contributed by atoms with Gasteiger partial charge in [0.2, 0.25) is 15.9 Å². The van der Waals surface area contributed by atoms with Crippen LogP contribution in [0.2, 0.25) is 0 Å². The summed E-state index contributed by atoms with van der Waals surface area (Å²) in [5.74, 6) is 0.410. The van der Waals surface area contributed by atoms with Crippen molar-refractivity contribution >= 4 is 21.6 Å². The molecule has 110 valence electrons. The monoisotopic (exact) mass is 306 g/mol. The molecule has 6 nitrogen and oxygen atoms in total. The zero-order valence-corrected chi connectivity index (χ0v) is 12.1. The van der Waals surface area contributed by atoms with E-state index in [-0.39, 0.29) is 17.2 Å². The first-order valence-corrected chi connectivity index (χ1v) is 7.92. The maximum Gasteiger partial charge on any atom is 0.241 e. The fourth-order valence-corrected chi connectivity index (χ4v) is 3.53. The van der Waals surface area contributed by atoms with Crippen molar-refractivity contribution in [2.24, 2.45) is 0 Å². The van der Waals surface area contributed by atoms with Gasteiger partial charge < -0.3 is 9.73 Å². The maximum atomic E-state index is 12.4. The van der Waals surface area contributed by atoms with E-state index in [1.807, 2.05) is 0 Å². The largest absolute Gasteiger partial charge is 0.468 e. The summed E-state index contributed by atoms with van der Waals surface area (Å²) in [5, 5.41) is 2.67. The molecule has 1 atom stereocenters. The lowest BCUT2D eigenvalue weighted by molar-refractivity contribution is -0.115. The lowest BCUT2D eigenvalue weighted by Crippen LogP contribution is -2.26. The Labute approximate surface area is 122 Å². The number of hydrogen-bond donors (Lipinski definition) is 2. The molecule has 1 amide bonds.